The summed E-state index contributed by atoms with van der Waals surface area (Å²) in [5.41, 5.74) is 0.999. The summed E-state index contributed by atoms with van der Waals surface area (Å²) in [5, 5.41) is 2.01. The summed E-state index contributed by atoms with van der Waals surface area (Å²) in [7, 11) is 0. The van der Waals surface area contributed by atoms with Crippen molar-refractivity contribution in [3.8, 4) is 27.8 Å². The van der Waals surface area contributed by atoms with Crippen LogP contribution in [0, 0.1) is 0 Å². The molecule has 96 valence electrons. The van der Waals surface area contributed by atoms with E-state index in [0.29, 0.717) is 12.5 Å². The van der Waals surface area contributed by atoms with Crippen LogP contribution < -0.4 is 4.74 Å². The van der Waals surface area contributed by atoms with Crippen LogP contribution in [0.3, 0.4) is 0 Å². The van der Waals surface area contributed by atoms with Crippen molar-refractivity contribution in [2.75, 3.05) is 6.61 Å². The average Bonchev–Trinajstić information content (AvgIpc) is 3.11. The molecule has 2 aromatic heterocycles. The normalized spacial score (nSPS) is 10.6. The Morgan fingerprint density at radius 3 is 2.74 bits per heavy atom. The van der Waals surface area contributed by atoms with Crippen molar-refractivity contribution in [2.45, 2.75) is 6.92 Å². The number of oxazole rings is 1. The lowest BCUT2D eigenvalue weighted by Crippen LogP contribution is -1.90. The molecule has 0 aliphatic carbocycles. The van der Waals surface area contributed by atoms with Crippen molar-refractivity contribution in [2.24, 2.45) is 0 Å². The molecule has 0 bridgehead atoms. The number of benzene rings is 1. The van der Waals surface area contributed by atoms with Gasteiger partial charge in [0, 0.05) is 5.56 Å². The highest BCUT2D eigenvalue weighted by Crippen LogP contribution is 2.29. The summed E-state index contributed by atoms with van der Waals surface area (Å²) in [6.07, 6.45) is 1.75. The van der Waals surface area contributed by atoms with E-state index in [9.17, 15) is 0 Å². The molecule has 2 heterocycles. The van der Waals surface area contributed by atoms with E-state index in [0.717, 1.165) is 22.0 Å². The van der Waals surface area contributed by atoms with Gasteiger partial charge in [-0.25, -0.2) is 4.98 Å². The average molecular weight is 271 g/mol. The maximum atomic E-state index is 5.77. The molecule has 0 amide bonds. The molecule has 4 heteroatoms. The van der Waals surface area contributed by atoms with Crippen LogP contribution in [0.5, 0.6) is 5.75 Å². The third-order valence-corrected chi connectivity index (χ3v) is 3.55. The van der Waals surface area contributed by atoms with Gasteiger partial charge < -0.3 is 9.15 Å². The Labute approximate surface area is 115 Å². The van der Waals surface area contributed by atoms with Crippen molar-refractivity contribution in [1.29, 1.82) is 0 Å². The first-order chi connectivity index (χ1) is 9.36. The second-order valence-corrected chi connectivity index (χ2v) is 4.91. The van der Waals surface area contributed by atoms with Gasteiger partial charge in [-0.3, -0.25) is 0 Å². The first-order valence-corrected chi connectivity index (χ1v) is 6.97. The lowest BCUT2D eigenvalue weighted by molar-refractivity contribution is 0.340. The van der Waals surface area contributed by atoms with E-state index in [1.807, 2.05) is 48.7 Å². The van der Waals surface area contributed by atoms with Crippen LogP contribution in [0.2, 0.25) is 0 Å². The molecule has 1 aromatic carbocycles. The topological polar surface area (TPSA) is 35.3 Å². The van der Waals surface area contributed by atoms with Crippen molar-refractivity contribution in [3.05, 3.63) is 48.0 Å². The number of thiophene rings is 1. The molecule has 0 fully saturated rings. The Hall–Kier alpha value is -2.07. The summed E-state index contributed by atoms with van der Waals surface area (Å²) in [5.74, 6) is 2.30. The summed E-state index contributed by atoms with van der Waals surface area (Å²) < 4.78 is 11.2. The molecule has 0 radical (unpaired) electrons. The fourth-order valence-corrected chi connectivity index (χ4v) is 2.46. The number of nitrogens with zero attached hydrogens (tertiary/aromatic N) is 1. The van der Waals surface area contributed by atoms with Gasteiger partial charge in [-0.05, 0) is 42.6 Å². The number of ether oxygens (including phenoxy) is 1. The lowest BCUT2D eigenvalue weighted by atomic mass is 10.2. The van der Waals surface area contributed by atoms with Crippen molar-refractivity contribution < 1.29 is 9.15 Å². The molecule has 3 aromatic rings. The standard InChI is InChI=1S/C15H13NO2S/c1-2-17-12-7-5-11(6-8-12)13-10-16-15(18-13)14-4-3-9-19-14/h3-10H,2H2,1H3. The predicted octanol–water partition coefficient (Wildman–Crippen LogP) is 4.47. The second kappa shape index (κ2) is 5.28. The van der Waals surface area contributed by atoms with Gasteiger partial charge in [0.05, 0.1) is 17.7 Å². The minimum Gasteiger partial charge on any atom is -0.494 e. The summed E-state index contributed by atoms with van der Waals surface area (Å²) in [6.45, 7) is 2.64. The van der Waals surface area contributed by atoms with Crippen LogP contribution in [-0.2, 0) is 0 Å². The molecule has 0 aliphatic heterocycles. The lowest BCUT2D eigenvalue weighted by Gasteiger charge is -2.02. The molecule has 3 rings (SSSR count). The highest BCUT2D eigenvalue weighted by atomic mass is 32.1. The van der Waals surface area contributed by atoms with Crippen LogP contribution in [0.15, 0.2) is 52.4 Å². The van der Waals surface area contributed by atoms with Gasteiger partial charge in [-0.15, -0.1) is 11.3 Å². The maximum absolute atomic E-state index is 5.77. The van der Waals surface area contributed by atoms with E-state index in [4.69, 9.17) is 9.15 Å². The number of hydrogen-bond acceptors (Lipinski definition) is 4. The Morgan fingerprint density at radius 1 is 1.21 bits per heavy atom. The van der Waals surface area contributed by atoms with Gasteiger partial charge in [0.2, 0.25) is 5.89 Å². The summed E-state index contributed by atoms with van der Waals surface area (Å²) in [4.78, 5) is 5.35. The Kier molecular flexibility index (Phi) is 3.33. The summed E-state index contributed by atoms with van der Waals surface area (Å²) in [6, 6.07) is 11.8. The molecule has 0 N–H and O–H groups in total. The SMILES string of the molecule is CCOc1ccc(-c2cnc(-c3cccs3)o2)cc1. The van der Waals surface area contributed by atoms with Crippen LogP contribution >= 0.6 is 11.3 Å². The molecule has 0 saturated carbocycles. The van der Waals surface area contributed by atoms with E-state index in [1.165, 1.54) is 0 Å². The van der Waals surface area contributed by atoms with Crippen molar-refractivity contribution in [1.82, 2.24) is 4.98 Å². The number of hydrogen-bond donors (Lipinski definition) is 0. The van der Waals surface area contributed by atoms with E-state index in [-0.39, 0.29) is 0 Å². The fraction of sp³-hybridized carbons (Fsp3) is 0.133. The fourth-order valence-electron chi connectivity index (χ4n) is 1.80. The first kappa shape index (κ1) is 12.0. The molecule has 0 saturated heterocycles. The Morgan fingerprint density at radius 2 is 2.05 bits per heavy atom. The Bertz CT molecular complexity index is 641. The highest BCUT2D eigenvalue weighted by molar-refractivity contribution is 7.13. The van der Waals surface area contributed by atoms with E-state index < -0.39 is 0 Å². The minimum atomic E-state index is 0.666. The molecular weight excluding hydrogens is 258 g/mol. The van der Waals surface area contributed by atoms with Gasteiger partial charge in [0.15, 0.2) is 5.76 Å². The molecule has 3 nitrogen and oxygen atoms in total. The third kappa shape index (κ3) is 2.53. The third-order valence-electron chi connectivity index (χ3n) is 2.69. The predicted molar refractivity (Wildman–Crippen MR) is 76.4 cm³/mol. The largest absolute Gasteiger partial charge is 0.494 e. The monoisotopic (exact) mass is 271 g/mol. The van der Waals surface area contributed by atoms with Gasteiger partial charge in [-0.1, -0.05) is 6.07 Å². The zero-order valence-electron chi connectivity index (χ0n) is 10.5. The van der Waals surface area contributed by atoms with Gasteiger partial charge in [0.25, 0.3) is 0 Å². The van der Waals surface area contributed by atoms with Crippen molar-refractivity contribution >= 4 is 11.3 Å². The second-order valence-electron chi connectivity index (χ2n) is 3.96. The highest BCUT2D eigenvalue weighted by Gasteiger charge is 2.09. The van der Waals surface area contributed by atoms with Crippen LogP contribution in [-0.4, -0.2) is 11.6 Å². The number of aromatic nitrogens is 1. The molecule has 0 atom stereocenters. The first-order valence-electron chi connectivity index (χ1n) is 6.10. The summed E-state index contributed by atoms with van der Waals surface area (Å²) >= 11 is 1.62. The van der Waals surface area contributed by atoms with Crippen LogP contribution in [0.25, 0.3) is 22.1 Å². The zero-order valence-corrected chi connectivity index (χ0v) is 11.3. The molecular formula is C15H13NO2S. The maximum Gasteiger partial charge on any atom is 0.236 e. The van der Waals surface area contributed by atoms with Gasteiger partial charge >= 0.3 is 0 Å². The number of rotatable bonds is 4. The van der Waals surface area contributed by atoms with E-state index in [1.54, 1.807) is 17.5 Å². The van der Waals surface area contributed by atoms with Crippen LogP contribution in [0.4, 0.5) is 0 Å². The van der Waals surface area contributed by atoms with Crippen molar-refractivity contribution in [3.63, 3.8) is 0 Å². The van der Waals surface area contributed by atoms with Gasteiger partial charge in [0.1, 0.15) is 5.75 Å². The quantitative estimate of drug-likeness (QED) is 0.702. The minimum absolute atomic E-state index is 0.666. The molecule has 0 spiro atoms. The molecule has 0 aliphatic rings. The van der Waals surface area contributed by atoms with Gasteiger partial charge in [-0.2, -0.15) is 0 Å². The van der Waals surface area contributed by atoms with Crippen LogP contribution in [0.1, 0.15) is 6.92 Å². The molecule has 0 unspecified atom stereocenters. The Balaban J connectivity index is 1.86. The zero-order chi connectivity index (χ0) is 13.1. The van der Waals surface area contributed by atoms with E-state index in [2.05, 4.69) is 4.98 Å². The molecule has 19 heavy (non-hydrogen) atoms. The smallest absolute Gasteiger partial charge is 0.236 e. The van der Waals surface area contributed by atoms with E-state index >= 15 is 0 Å².